The quantitative estimate of drug-likeness (QED) is 0.0808. The van der Waals surface area contributed by atoms with Crippen LogP contribution in [-0.2, 0) is 44.1 Å². The number of aromatic nitrogens is 4. The highest BCUT2D eigenvalue weighted by atomic mass is 32.2. The normalized spacial score (nSPS) is 19.2. The minimum Gasteiger partial charge on any atom is -0.360 e. The van der Waals surface area contributed by atoms with E-state index in [1.165, 1.54) is 11.8 Å². The Bertz CT molecular complexity index is 2550. The van der Waals surface area contributed by atoms with Gasteiger partial charge >= 0.3 is 0 Å². The maximum Gasteiger partial charge on any atom is 0.284 e. The number of amides is 1. The summed E-state index contributed by atoms with van der Waals surface area (Å²) in [5.41, 5.74) is 8.25. The van der Waals surface area contributed by atoms with Crippen LogP contribution in [0.1, 0.15) is 16.4 Å². The van der Waals surface area contributed by atoms with E-state index < -0.39 is 37.4 Å². The number of hydrogen-bond donors (Lipinski definition) is 1. The zero-order valence-corrected chi connectivity index (χ0v) is 38.5. The molecule has 0 saturated carbocycles. The SMILES string of the molecule is CN1C2=C(CNN(Cc3cccc4c3cnn4COCC[Si](C)(C)C)C2=O)C2SC(C(c3cccc4c3cnn4COCC[Si](C)(C)C)S(=O)(=O)c3ccccc3)=NC21. The number of nitrogens with zero attached hydrogens (tertiary/aromatic N) is 7. The fourth-order valence-corrected chi connectivity index (χ4v) is 13.0. The standard InChI is InChI=1S/C42H54N8O5S2Si2/c1-47-37-34(25-43-48(42(37)51)26-29-13-11-17-35-32(29)23-44-49(35)27-54-19-21-58(2,3)4)38-40(47)46-41(56-38)39(57(52,53)30-14-9-8-10-15-30)31-16-12-18-36-33(31)24-45-50(36)28-55-20-22-59(5,6)7/h8-18,23-24,38-40,43H,19-22,25-28H2,1-7H3. The molecule has 3 aliphatic rings. The van der Waals surface area contributed by atoms with Crippen LogP contribution in [0.15, 0.2) is 100 Å². The summed E-state index contributed by atoms with van der Waals surface area (Å²) in [6.07, 6.45) is 3.14. The molecule has 13 nitrogen and oxygen atoms in total. The Morgan fingerprint density at radius 3 is 2.08 bits per heavy atom. The molecule has 59 heavy (non-hydrogen) atoms. The molecule has 3 aromatic carbocycles. The lowest BCUT2D eigenvalue weighted by Gasteiger charge is -2.32. The number of hydrazine groups is 1. The van der Waals surface area contributed by atoms with Crippen molar-refractivity contribution in [1.29, 1.82) is 0 Å². The van der Waals surface area contributed by atoms with E-state index in [9.17, 15) is 13.2 Å². The zero-order valence-electron chi connectivity index (χ0n) is 34.9. The van der Waals surface area contributed by atoms with Crippen LogP contribution in [0.2, 0.25) is 51.4 Å². The molecule has 0 aliphatic carbocycles. The summed E-state index contributed by atoms with van der Waals surface area (Å²) in [4.78, 5) is 21.6. The Labute approximate surface area is 352 Å². The third kappa shape index (κ3) is 8.47. The van der Waals surface area contributed by atoms with Crippen LogP contribution in [0.25, 0.3) is 21.8 Å². The highest BCUT2D eigenvalue weighted by Crippen LogP contribution is 2.49. The highest BCUT2D eigenvalue weighted by molar-refractivity contribution is 8.16. The maximum absolute atomic E-state index is 14.8. The van der Waals surface area contributed by atoms with Crippen molar-refractivity contribution in [1.82, 2.24) is 34.9 Å². The van der Waals surface area contributed by atoms with Crippen LogP contribution in [0.5, 0.6) is 0 Å². The van der Waals surface area contributed by atoms with E-state index >= 15 is 0 Å². The average Bonchev–Trinajstić information content (AvgIpc) is 3.97. The van der Waals surface area contributed by atoms with Gasteiger partial charge in [0.15, 0.2) is 9.84 Å². The summed E-state index contributed by atoms with van der Waals surface area (Å²) >= 11 is 1.44. The first-order chi connectivity index (χ1) is 28.1. The van der Waals surface area contributed by atoms with Crippen molar-refractivity contribution in [2.45, 2.75) is 92.9 Å². The van der Waals surface area contributed by atoms with Gasteiger partial charge in [-0.1, -0.05) is 93.5 Å². The first-order valence-electron chi connectivity index (χ1n) is 20.2. The van der Waals surface area contributed by atoms with Crippen molar-refractivity contribution in [2.75, 3.05) is 26.8 Å². The van der Waals surface area contributed by atoms with Gasteiger partial charge in [0.25, 0.3) is 5.91 Å². The van der Waals surface area contributed by atoms with E-state index in [4.69, 9.17) is 14.5 Å². The van der Waals surface area contributed by atoms with Crippen molar-refractivity contribution < 1.29 is 22.7 Å². The average molecular weight is 871 g/mol. The Balaban J connectivity index is 1.03. The molecule has 17 heteroatoms. The summed E-state index contributed by atoms with van der Waals surface area (Å²) in [5.74, 6) is -0.141. The van der Waals surface area contributed by atoms with Gasteiger partial charge in [-0.25, -0.2) is 23.2 Å². The Morgan fingerprint density at radius 2 is 1.44 bits per heavy atom. The van der Waals surface area contributed by atoms with Crippen LogP contribution in [0.4, 0.5) is 0 Å². The largest absolute Gasteiger partial charge is 0.360 e. The fraction of sp³-hybridized carbons (Fsp3) is 0.429. The fourth-order valence-electron chi connectivity index (χ4n) is 7.83. The first kappa shape index (κ1) is 41.6. The third-order valence-electron chi connectivity index (χ3n) is 11.2. The van der Waals surface area contributed by atoms with Gasteiger partial charge in [-0.3, -0.25) is 14.8 Å². The van der Waals surface area contributed by atoms with Crippen LogP contribution >= 0.6 is 11.8 Å². The second kappa shape index (κ2) is 16.4. The molecule has 3 atom stereocenters. The molecular formula is C42H54N8O5S2Si2. The number of aliphatic imine (C=N–C) groups is 1. The number of benzene rings is 3. The summed E-state index contributed by atoms with van der Waals surface area (Å²) < 4.78 is 45.2. The minimum atomic E-state index is -3.97. The molecule has 0 saturated heterocycles. The number of thioether (sulfide) groups is 1. The van der Waals surface area contributed by atoms with Gasteiger partial charge in [0.2, 0.25) is 0 Å². The van der Waals surface area contributed by atoms with Crippen molar-refractivity contribution in [3.05, 3.63) is 102 Å². The van der Waals surface area contributed by atoms with Gasteiger partial charge in [-0.2, -0.15) is 10.2 Å². The van der Waals surface area contributed by atoms with E-state index in [-0.39, 0.29) is 22.8 Å². The molecule has 0 fully saturated rings. The van der Waals surface area contributed by atoms with E-state index in [1.807, 2.05) is 65.3 Å². The number of rotatable bonds is 16. The zero-order chi connectivity index (χ0) is 41.7. The number of ether oxygens (including phenoxy) is 2. The predicted octanol–water partition coefficient (Wildman–Crippen LogP) is 7.11. The molecule has 0 bridgehead atoms. The van der Waals surface area contributed by atoms with Crippen molar-refractivity contribution in [2.24, 2.45) is 4.99 Å². The number of fused-ring (bicyclic) bond motifs is 4. The molecule has 0 radical (unpaired) electrons. The maximum atomic E-state index is 14.8. The van der Waals surface area contributed by atoms with Crippen molar-refractivity contribution >= 4 is 70.5 Å². The van der Waals surface area contributed by atoms with Crippen LogP contribution in [0, 0.1) is 0 Å². The molecule has 1 amide bonds. The summed E-state index contributed by atoms with van der Waals surface area (Å²) in [7, 11) is -4.55. The van der Waals surface area contributed by atoms with Gasteiger partial charge in [0.05, 0.1) is 45.2 Å². The van der Waals surface area contributed by atoms with E-state index in [0.29, 0.717) is 49.3 Å². The molecule has 8 rings (SSSR count). The lowest BCUT2D eigenvalue weighted by Crippen LogP contribution is -2.49. The molecule has 5 aromatic rings. The number of likely N-dealkylation sites (N-methyl/N-ethyl adjacent to an activating group) is 1. The second-order valence-electron chi connectivity index (χ2n) is 18.0. The molecule has 2 aromatic heterocycles. The molecule has 3 aliphatic heterocycles. The number of nitrogens with one attached hydrogen (secondary N) is 1. The molecule has 1 N–H and O–H groups in total. The van der Waals surface area contributed by atoms with E-state index in [1.54, 1.807) is 40.2 Å². The summed E-state index contributed by atoms with van der Waals surface area (Å²) in [6.45, 7) is 16.7. The van der Waals surface area contributed by atoms with Crippen molar-refractivity contribution in [3.63, 3.8) is 0 Å². The van der Waals surface area contributed by atoms with Gasteiger partial charge < -0.3 is 14.4 Å². The number of carbonyl (C=O) groups excluding carboxylic acids is 1. The Morgan fingerprint density at radius 1 is 0.831 bits per heavy atom. The molecule has 5 heterocycles. The molecule has 3 unspecified atom stereocenters. The lowest BCUT2D eigenvalue weighted by atomic mass is 10.1. The van der Waals surface area contributed by atoms with Crippen LogP contribution in [0.3, 0.4) is 0 Å². The number of sulfone groups is 1. The van der Waals surface area contributed by atoms with Crippen molar-refractivity contribution in [3.8, 4) is 0 Å². The van der Waals surface area contributed by atoms with E-state index in [2.05, 4.69) is 54.9 Å². The smallest absolute Gasteiger partial charge is 0.284 e. The summed E-state index contributed by atoms with van der Waals surface area (Å²) in [6, 6.07) is 22.4. The van der Waals surface area contributed by atoms with Gasteiger partial charge in [-0.05, 0) is 53.1 Å². The second-order valence-corrected chi connectivity index (χ2v) is 32.4. The topological polar surface area (TPSA) is 136 Å². The van der Waals surface area contributed by atoms with Crippen LogP contribution in [-0.4, -0.2) is 103 Å². The third-order valence-corrected chi connectivity index (χ3v) is 18.2. The molecular weight excluding hydrogens is 817 g/mol. The first-order valence-corrected chi connectivity index (χ1v) is 30.0. The predicted molar refractivity (Wildman–Crippen MR) is 240 cm³/mol. The van der Waals surface area contributed by atoms with Gasteiger partial charge in [0, 0.05) is 53.7 Å². The summed E-state index contributed by atoms with van der Waals surface area (Å²) in [5, 5.41) is 11.8. The minimum absolute atomic E-state index is 0.141. The van der Waals surface area contributed by atoms with Crippen LogP contribution < -0.4 is 5.43 Å². The number of carbonyl (C=O) groups is 1. The number of hydrogen-bond acceptors (Lipinski definition) is 11. The monoisotopic (exact) mass is 870 g/mol. The molecule has 312 valence electrons. The highest BCUT2D eigenvalue weighted by Gasteiger charge is 2.51. The van der Waals surface area contributed by atoms with E-state index in [0.717, 1.165) is 45.0 Å². The lowest BCUT2D eigenvalue weighted by molar-refractivity contribution is -0.133. The molecule has 0 spiro atoms. The van der Waals surface area contributed by atoms with Gasteiger partial charge in [0.1, 0.15) is 30.6 Å². The Hall–Kier alpha value is -4.11. The van der Waals surface area contributed by atoms with Gasteiger partial charge in [-0.15, -0.1) is 0 Å². The Kier molecular flexibility index (Phi) is 11.6.